The third kappa shape index (κ3) is 6.23. The van der Waals surface area contributed by atoms with E-state index in [0.29, 0.717) is 34.4 Å². The summed E-state index contributed by atoms with van der Waals surface area (Å²) in [4.78, 5) is 14.3. The number of furan rings is 1. The highest BCUT2D eigenvalue weighted by Crippen LogP contribution is 2.40. The summed E-state index contributed by atoms with van der Waals surface area (Å²) < 4.78 is 14.2. The highest BCUT2D eigenvalue weighted by atomic mass is 28.4. The SMILES string of the molecule is CCC(O[Si](C)(C)C(C)(C)C)c1cccc(C(O)c2cnn3c(-c4ccc(C)o4)nc(NC(C)(C)C)nc23)n1. The number of aliphatic hydroxyl groups excluding tert-OH is 1. The van der Waals surface area contributed by atoms with E-state index in [2.05, 4.69) is 51.2 Å². The monoisotopic (exact) mass is 550 g/mol. The van der Waals surface area contributed by atoms with Gasteiger partial charge in [0.15, 0.2) is 19.7 Å². The minimum absolute atomic E-state index is 0.0807. The van der Waals surface area contributed by atoms with E-state index in [4.69, 9.17) is 23.8 Å². The topological polar surface area (TPSA) is 111 Å². The molecule has 2 atom stereocenters. The minimum Gasteiger partial charge on any atom is -0.458 e. The predicted octanol–water partition coefficient (Wildman–Crippen LogP) is 6.85. The van der Waals surface area contributed by atoms with Crippen molar-refractivity contribution >= 4 is 19.9 Å². The Hall–Kier alpha value is -3.08. The molecular formula is C29H42N6O3Si. The molecule has 0 fully saturated rings. The van der Waals surface area contributed by atoms with E-state index in [1.165, 1.54) is 0 Å². The molecule has 4 aromatic rings. The van der Waals surface area contributed by atoms with Gasteiger partial charge in [0, 0.05) is 5.54 Å². The van der Waals surface area contributed by atoms with Crippen LogP contribution >= 0.6 is 0 Å². The Bertz CT molecular complexity index is 1450. The molecule has 4 rings (SSSR count). The van der Waals surface area contributed by atoms with Crippen molar-refractivity contribution in [1.82, 2.24) is 24.6 Å². The second-order valence-corrected chi connectivity index (χ2v) is 17.4. The van der Waals surface area contributed by atoms with Crippen LogP contribution in [-0.4, -0.2) is 43.5 Å². The van der Waals surface area contributed by atoms with E-state index in [0.717, 1.165) is 17.9 Å². The summed E-state index contributed by atoms with van der Waals surface area (Å²) in [5.74, 6) is 2.24. The molecule has 39 heavy (non-hydrogen) atoms. The number of aryl methyl sites for hydroxylation is 1. The molecule has 10 heteroatoms. The summed E-state index contributed by atoms with van der Waals surface area (Å²) >= 11 is 0. The fourth-order valence-electron chi connectivity index (χ4n) is 4.04. The van der Waals surface area contributed by atoms with Crippen molar-refractivity contribution in [2.24, 2.45) is 0 Å². The molecule has 0 aliphatic rings. The van der Waals surface area contributed by atoms with Crippen molar-refractivity contribution < 1.29 is 13.9 Å². The molecule has 0 aliphatic carbocycles. The molecule has 0 amide bonds. The van der Waals surface area contributed by atoms with Gasteiger partial charge in [0.25, 0.3) is 0 Å². The summed E-state index contributed by atoms with van der Waals surface area (Å²) in [5.41, 5.74) is 2.06. The molecule has 210 valence electrons. The lowest BCUT2D eigenvalue weighted by molar-refractivity contribution is 0.172. The van der Waals surface area contributed by atoms with Gasteiger partial charge in [0.2, 0.25) is 11.8 Å². The molecule has 4 aromatic heterocycles. The van der Waals surface area contributed by atoms with Gasteiger partial charge in [0.05, 0.1) is 29.3 Å². The van der Waals surface area contributed by atoms with Crippen molar-refractivity contribution in [2.75, 3.05) is 5.32 Å². The maximum atomic E-state index is 11.6. The number of pyridine rings is 1. The lowest BCUT2D eigenvalue weighted by Gasteiger charge is -2.39. The van der Waals surface area contributed by atoms with Gasteiger partial charge in [-0.25, -0.2) is 0 Å². The van der Waals surface area contributed by atoms with Gasteiger partial charge in [-0.05, 0) is 76.5 Å². The molecule has 0 aromatic carbocycles. The molecule has 9 nitrogen and oxygen atoms in total. The number of fused-ring (bicyclic) bond motifs is 1. The number of nitrogens with zero attached hydrogens (tertiary/aromatic N) is 5. The van der Waals surface area contributed by atoms with Crippen LogP contribution < -0.4 is 5.32 Å². The van der Waals surface area contributed by atoms with E-state index in [1.807, 2.05) is 58.0 Å². The lowest BCUT2D eigenvalue weighted by atomic mass is 10.1. The number of aromatic nitrogens is 5. The van der Waals surface area contributed by atoms with Crippen LogP contribution in [0.25, 0.3) is 17.2 Å². The number of anilines is 1. The first-order chi connectivity index (χ1) is 18.1. The van der Waals surface area contributed by atoms with Gasteiger partial charge >= 0.3 is 0 Å². The normalized spacial score (nSPS) is 14.5. The zero-order chi connectivity index (χ0) is 28.8. The van der Waals surface area contributed by atoms with E-state index in [1.54, 1.807) is 10.7 Å². The third-order valence-corrected chi connectivity index (χ3v) is 11.6. The van der Waals surface area contributed by atoms with Crippen LogP contribution in [0.15, 0.2) is 40.9 Å². The first-order valence-electron chi connectivity index (χ1n) is 13.5. The van der Waals surface area contributed by atoms with Crippen LogP contribution in [0.3, 0.4) is 0 Å². The fraction of sp³-hybridized carbons (Fsp3) is 0.517. The van der Waals surface area contributed by atoms with Gasteiger partial charge < -0.3 is 19.3 Å². The Morgan fingerprint density at radius 2 is 1.72 bits per heavy atom. The summed E-state index contributed by atoms with van der Waals surface area (Å²) in [6.45, 7) is 21.3. The predicted molar refractivity (Wildman–Crippen MR) is 156 cm³/mol. The first kappa shape index (κ1) is 28.9. The Kier molecular flexibility index (Phi) is 7.77. The van der Waals surface area contributed by atoms with Crippen LogP contribution in [0, 0.1) is 6.92 Å². The van der Waals surface area contributed by atoms with Crippen molar-refractivity contribution in [3.05, 3.63) is 59.2 Å². The van der Waals surface area contributed by atoms with Crippen LogP contribution in [0.5, 0.6) is 0 Å². The number of nitrogens with one attached hydrogen (secondary N) is 1. The first-order valence-corrected chi connectivity index (χ1v) is 16.4. The number of aliphatic hydroxyl groups is 1. The zero-order valence-corrected chi connectivity index (χ0v) is 25.8. The minimum atomic E-state index is -2.02. The van der Waals surface area contributed by atoms with Crippen molar-refractivity contribution in [2.45, 2.75) is 97.7 Å². The van der Waals surface area contributed by atoms with Gasteiger partial charge in [-0.15, -0.1) is 0 Å². The molecule has 0 aliphatic heterocycles. The molecule has 2 unspecified atom stereocenters. The standard InChI is InChI=1S/C29H42N6O3Si/c1-11-22(38-39(9,10)29(6,7)8)20-13-12-14-21(31-20)24(36)19-17-30-35-25(19)32-27(34-28(3,4)5)33-26(35)23-16-15-18(2)37-23/h12-17,22,24,36H,11H2,1-10H3,(H,32,34). The van der Waals surface area contributed by atoms with E-state index < -0.39 is 14.4 Å². The maximum Gasteiger partial charge on any atom is 0.227 e. The maximum absolute atomic E-state index is 11.6. The molecular weight excluding hydrogens is 508 g/mol. The van der Waals surface area contributed by atoms with Crippen LogP contribution in [0.2, 0.25) is 18.1 Å². The summed E-state index contributed by atoms with van der Waals surface area (Å²) in [6.07, 6.45) is 1.21. The van der Waals surface area contributed by atoms with Gasteiger partial charge in [-0.3, -0.25) is 4.98 Å². The van der Waals surface area contributed by atoms with Crippen molar-refractivity contribution in [3.8, 4) is 11.6 Å². The molecule has 2 N–H and O–H groups in total. The molecule has 0 bridgehead atoms. The Balaban J connectivity index is 1.76. The average molecular weight is 551 g/mol. The van der Waals surface area contributed by atoms with Gasteiger partial charge in [0.1, 0.15) is 11.9 Å². The van der Waals surface area contributed by atoms with Crippen molar-refractivity contribution in [3.63, 3.8) is 0 Å². The highest BCUT2D eigenvalue weighted by Gasteiger charge is 2.39. The van der Waals surface area contributed by atoms with Gasteiger partial charge in [-0.1, -0.05) is 33.8 Å². The van der Waals surface area contributed by atoms with Gasteiger partial charge in [-0.2, -0.15) is 19.6 Å². The third-order valence-electron chi connectivity index (χ3n) is 7.15. The van der Waals surface area contributed by atoms with Crippen molar-refractivity contribution in [1.29, 1.82) is 0 Å². The molecule has 4 heterocycles. The molecule has 0 radical (unpaired) electrons. The van der Waals surface area contributed by atoms with E-state index in [9.17, 15) is 5.11 Å². The molecule has 0 spiro atoms. The largest absolute Gasteiger partial charge is 0.458 e. The number of hydrogen-bond acceptors (Lipinski definition) is 8. The second kappa shape index (κ2) is 10.5. The smallest absolute Gasteiger partial charge is 0.227 e. The number of hydrogen-bond donors (Lipinski definition) is 2. The van der Waals surface area contributed by atoms with E-state index in [-0.39, 0.29) is 16.7 Å². The Labute approximate surface area is 232 Å². The summed E-state index contributed by atoms with van der Waals surface area (Å²) in [5, 5.41) is 19.5. The highest BCUT2D eigenvalue weighted by molar-refractivity contribution is 6.74. The molecule has 0 saturated carbocycles. The Morgan fingerprint density at radius 1 is 1.03 bits per heavy atom. The van der Waals surface area contributed by atoms with Crippen LogP contribution in [0.1, 0.15) is 89.8 Å². The summed E-state index contributed by atoms with van der Waals surface area (Å²) in [7, 11) is -2.02. The number of rotatable bonds is 8. The van der Waals surface area contributed by atoms with Crippen LogP contribution in [0.4, 0.5) is 5.95 Å². The van der Waals surface area contributed by atoms with E-state index >= 15 is 0 Å². The average Bonchev–Trinajstić information content (AvgIpc) is 3.46. The second-order valence-electron chi connectivity index (χ2n) is 12.7. The summed E-state index contributed by atoms with van der Waals surface area (Å²) in [6, 6.07) is 9.45. The fourth-order valence-corrected chi connectivity index (χ4v) is 5.39. The quantitative estimate of drug-likeness (QED) is 0.229. The molecule has 0 saturated heterocycles. The lowest BCUT2D eigenvalue weighted by Crippen LogP contribution is -2.41. The Morgan fingerprint density at radius 3 is 2.31 bits per heavy atom. The van der Waals surface area contributed by atoms with Crippen LogP contribution in [-0.2, 0) is 4.43 Å². The zero-order valence-electron chi connectivity index (χ0n) is 24.8.